The van der Waals surface area contributed by atoms with Crippen molar-refractivity contribution in [3.05, 3.63) is 30.1 Å². The van der Waals surface area contributed by atoms with E-state index in [2.05, 4.69) is 27.3 Å². The largest absolute Gasteiger partial charge is 0.383 e. The van der Waals surface area contributed by atoms with Crippen LogP contribution in [-0.4, -0.2) is 60.8 Å². The van der Waals surface area contributed by atoms with Gasteiger partial charge in [0.05, 0.1) is 12.7 Å². The van der Waals surface area contributed by atoms with Crippen molar-refractivity contribution in [2.24, 2.45) is 0 Å². The summed E-state index contributed by atoms with van der Waals surface area (Å²) in [5, 5.41) is 2.87. The zero-order valence-electron chi connectivity index (χ0n) is 13.6. The maximum Gasteiger partial charge on any atom is 0.249 e. The van der Waals surface area contributed by atoms with Crippen LogP contribution in [0.3, 0.4) is 0 Å². The molecule has 2 saturated heterocycles. The Kier molecular flexibility index (Phi) is 5.59. The Morgan fingerprint density at radius 3 is 3.00 bits per heavy atom. The second-order valence-corrected chi connectivity index (χ2v) is 6.21. The van der Waals surface area contributed by atoms with Crippen molar-refractivity contribution >= 4 is 5.91 Å². The molecule has 0 spiro atoms. The normalized spacial score (nSPS) is 27.6. The molecule has 3 heterocycles. The van der Waals surface area contributed by atoms with Gasteiger partial charge in [0.15, 0.2) is 0 Å². The van der Waals surface area contributed by atoms with Crippen LogP contribution in [0.15, 0.2) is 24.5 Å². The molecule has 3 atom stereocenters. The number of carbonyl (C=O) groups excluding carboxylic acids is 1. The van der Waals surface area contributed by atoms with E-state index in [1.165, 1.54) is 5.56 Å². The molecule has 6 nitrogen and oxygen atoms in total. The first-order chi connectivity index (χ1) is 11.3. The van der Waals surface area contributed by atoms with Crippen molar-refractivity contribution in [3.8, 4) is 0 Å². The molecule has 1 aromatic heterocycles. The number of hydrogen-bond acceptors (Lipinski definition) is 5. The summed E-state index contributed by atoms with van der Waals surface area (Å²) in [5.74, 6) is -0.00640. The van der Waals surface area contributed by atoms with Crippen molar-refractivity contribution in [1.29, 1.82) is 0 Å². The molecule has 0 radical (unpaired) electrons. The summed E-state index contributed by atoms with van der Waals surface area (Å²) in [6.45, 7) is 3.02. The topological polar surface area (TPSA) is 63.7 Å². The number of methoxy groups -OCH3 is 1. The molecule has 6 heteroatoms. The fourth-order valence-electron chi connectivity index (χ4n) is 3.52. The minimum atomic E-state index is -0.311. The van der Waals surface area contributed by atoms with Crippen molar-refractivity contribution in [2.75, 3.05) is 26.8 Å². The lowest BCUT2D eigenvalue weighted by Crippen LogP contribution is -2.48. The molecular weight excluding hydrogens is 294 g/mol. The molecule has 3 rings (SSSR count). The highest BCUT2D eigenvalue weighted by molar-refractivity contribution is 5.80. The molecular formula is C17H25N3O3. The van der Waals surface area contributed by atoms with Crippen LogP contribution >= 0.6 is 0 Å². The maximum atomic E-state index is 12.1. The number of ether oxygens (including phenoxy) is 2. The third-order valence-corrected chi connectivity index (χ3v) is 4.70. The molecule has 0 saturated carbocycles. The number of aromatic nitrogens is 1. The van der Waals surface area contributed by atoms with E-state index in [1.807, 2.05) is 12.4 Å². The van der Waals surface area contributed by atoms with Crippen LogP contribution in [0.25, 0.3) is 0 Å². The maximum absolute atomic E-state index is 12.1. The quantitative estimate of drug-likeness (QED) is 0.792. The van der Waals surface area contributed by atoms with Gasteiger partial charge in [-0.15, -0.1) is 0 Å². The fourth-order valence-corrected chi connectivity index (χ4v) is 3.52. The van der Waals surface area contributed by atoms with Crippen molar-refractivity contribution in [3.63, 3.8) is 0 Å². The summed E-state index contributed by atoms with van der Waals surface area (Å²) >= 11 is 0. The van der Waals surface area contributed by atoms with Crippen LogP contribution in [0.5, 0.6) is 0 Å². The van der Waals surface area contributed by atoms with E-state index in [0.717, 1.165) is 32.4 Å². The lowest BCUT2D eigenvalue weighted by atomic mass is 9.98. The first kappa shape index (κ1) is 16.4. The summed E-state index contributed by atoms with van der Waals surface area (Å²) in [4.78, 5) is 18.7. The predicted octanol–water partition coefficient (Wildman–Crippen LogP) is 0.966. The molecule has 0 aliphatic carbocycles. The van der Waals surface area contributed by atoms with Crippen molar-refractivity contribution in [2.45, 2.75) is 44.1 Å². The van der Waals surface area contributed by atoms with E-state index in [-0.39, 0.29) is 18.1 Å². The van der Waals surface area contributed by atoms with E-state index in [0.29, 0.717) is 19.2 Å². The number of pyridine rings is 1. The summed E-state index contributed by atoms with van der Waals surface area (Å²) in [6, 6.07) is 4.54. The van der Waals surface area contributed by atoms with Gasteiger partial charge in [0, 0.05) is 45.2 Å². The summed E-state index contributed by atoms with van der Waals surface area (Å²) < 4.78 is 11.0. The molecule has 0 aromatic carbocycles. The van der Waals surface area contributed by atoms with E-state index in [4.69, 9.17) is 9.47 Å². The third kappa shape index (κ3) is 4.07. The highest BCUT2D eigenvalue weighted by atomic mass is 16.5. The van der Waals surface area contributed by atoms with Crippen LogP contribution in [0.4, 0.5) is 0 Å². The second kappa shape index (κ2) is 7.86. The summed E-state index contributed by atoms with van der Waals surface area (Å²) in [7, 11) is 1.63. The SMILES string of the molecule is COCCNC(=O)[C@@H]1CC[C@@H]2[C@@H](CCN2Cc2ccncc2)O1. The van der Waals surface area contributed by atoms with Gasteiger partial charge in [-0.05, 0) is 37.0 Å². The predicted molar refractivity (Wildman–Crippen MR) is 85.8 cm³/mol. The molecule has 2 fully saturated rings. The lowest BCUT2D eigenvalue weighted by Gasteiger charge is -2.35. The Bertz CT molecular complexity index is 511. The number of hydrogen-bond donors (Lipinski definition) is 1. The Balaban J connectivity index is 1.51. The zero-order valence-corrected chi connectivity index (χ0v) is 13.6. The van der Waals surface area contributed by atoms with Crippen LogP contribution in [0, 0.1) is 0 Å². The van der Waals surface area contributed by atoms with E-state index < -0.39 is 0 Å². The molecule has 2 aliphatic heterocycles. The van der Waals surface area contributed by atoms with Gasteiger partial charge in [0.25, 0.3) is 0 Å². The fraction of sp³-hybridized carbons (Fsp3) is 0.647. The molecule has 0 bridgehead atoms. The first-order valence-electron chi connectivity index (χ1n) is 8.33. The minimum Gasteiger partial charge on any atom is -0.383 e. The van der Waals surface area contributed by atoms with E-state index in [9.17, 15) is 4.79 Å². The number of nitrogens with zero attached hydrogens (tertiary/aromatic N) is 2. The number of amides is 1. The van der Waals surface area contributed by atoms with Crippen LogP contribution in [0.1, 0.15) is 24.8 Å². The van der Waals surface area contributed by atoms with Gasteiger partial charge < -0.3 is 14.8 Å². The molecule has 23 heavy (non-hydrogen) atoms. The number of carbonyl (C=O) groups is 1. The lowest BCUT2D eigenvalue weighted by molar-refractivity contribution is -0.144. The van der Waals surface area contributed by atoms with E-state index >= 15 is 0 Å². The standard InChI is InChI=1S/C17H25N3O3/c1-22-11-9-19-17(21)16-3-2-14-15(23-16)6-10-20(14)12-13-4-7-18-8-5-13/h4-5,7-8,14-16H,2-3,6,9-12H2,1H3,(H,19,21)/t14-,15-,16+/m1/s1. The molecule has 0 unspecified atom stereocenters. The van der Waals surface area contributed by atoms with E-state index in [1.54, 1.807) is 7.11 Å². The van der Waals surface area contributed by atoms with Crippen molar-refractivity contribution in [1.82, 2.24) is 15.2 Å². The third-order valence-electron chi connectivity index (χ3n) is 4.70. The van der Waals surface area contributed by atoms with Gasteiger partial charge in [0.1, 0.15) is 6.10 Å². The average molecular weight is 319 g/mol. The average Bonchev–Trinajstić information content (AvgIpc) is 2.98. The smallest absolute Gasteiger partial charge is 0.249 e. The Morgan fingerprint density at radius 2 is 2.22 bits per heavy atom. The van der Waals surface area contributed by atoms with Gasteiger partial charge in [-0.3, -0.25) is 14.7 Å². The Morgan fingerprint density at radius 1 is 1.39 bits per heavy atom. The van der Waals surface area contributed by atoms with Crippen LogP contribution in [-0.2, 0) is 20.8 Å². The molecule has 1 N–H and O–H groups in total. The minimum absolute atomic E-state index is 0.00640. The number of nitrogens with one attached hydrogen (secondary N) is 1. The number of fused-ring (bicyclic) bond motifs is 1. The second-order valence-electron chi connectivity index (χ2n) is 6.21. The Hall–Kier alpha value is -1.50. The summed E-state index contributed by atoms with van der Waals surface area (Å²) in [6.07, 6.45) is 6.32. The Labute approximate surface area is 137 Å². The number of likely N-dealkylation sites (tertiary alicyclic amines) is 1. The molecule has 126 valence electrons. The highest BCUT2D eigenvalue weighted by Crippen LogP contribution is 2.32. The van der Waals surface area contributed by atoms with Crippen LogP contribution < -0.4 is 5.32 Å². The van der Waals surface area contributed by atoms with Gasteiger partial charge in [-0.2, -0.15) is 0 Å². The highest BCUT2D eigenvalue weighted by Gasteiger charge is 2.41. The van der Waals surface area contributed by atoms with Crippen LogP contribution in [0.2, 0.25) is 0 Å². The molecule has 2 aliphatic rings. The summed E-state index contributed by atoms with van der Waals surface area (Å²) in [5.41, 5.74) is 1.28. The van der Waals surface area contributed by atoms with Gasteiger partial charge in [-0.1, -0.05) is 0 Å². The molecule has 1 aromatic rings. The van der Waals surface area contributed by atoms with Crippen molar-refractivity contribution < 1.29 is 14.3 Å². The zero-order chi connectivity index (χ0) is 16.1. The monoisotopic (exact) mass is 319 g/mol. The van der Waals surface area contributed by atoms with Gasteiger partial charge in [0.2, 0.25) is 5.91 Å². The number of rotatable bonds is 6. The first-order valence-corrected chi connectivity index (χ1v) is 8.33. The van der Waals surface area contributed by atoms with Gasteiger partial charge >= 0.3 is 0 Å². The van der Waals surface area contributed by atoms with Gasteiger partial charge in [-0.25, -0.2) is 0 Å². The molecule has 1 amide bonds.